The number of rotatable bonds is 3. The maximum absolute atomic E-state index is 12.7. The van der Waals surface area contributed by atoms with Crippen LogP contribution in [0.5, 0.6) is 0 Å². The summed E-state index contributed by atoms with van der Waals surface area (Å²) in [5.74, 6) is 0.704. The van der Waals surface area contributed by atoms with E-state index in [0.29, 0.717) is 30.4 Å². The molecule has 1 fully saturated rings. The number of aryl methyl sites for hydroxylation is 2. The average Bonchev–Trinajstić information content (AvgIpc) is 3.12. The fourth-order valence-corrected chi connectivity index (χ4v) is 2.90. The van der Waals surface area contributed by atoms with Crippen LogP contribution in [0, 0.1) is 0 Å². The topological polar surface area (TPSA) is 65.2 Å². The minimum Gasteiger partial charge on any atom is -0.366 e. The lowest BCUT2D eigenvalue weighted by atomic mass is 10.2. The summed E-state index contributed by atoms with van der Waals surface area (Å²) in [6.07, 6.45) is 3.15. The van der Waals surface area contributed by atoms with Crippen LogP contribution in [0.25, 0.3) is 0 Å². The van der Waals surface area contributed by atoms with E-state index < -0.39 is 0 Å². The first kappa shape index (κ1) is 15.1. The second-order valence-electron chi connectivity index (χ2n) is 5.24. The molecule has 0 bridgehead atoms. The Morgan fingerprint density at radius 2 is 2.36 bits per heavy atom. The number of carbonyl (C=O) groups is 1. The standard InChI is InChI=1S/C14H18ClN5O2/c1-3-19-9-16-17-13(19)12-8-20(4-5-22-12)14(21)11-6-10(15)7-18(11)2/h6-7,9,12H,3-5,8H2,1-2H3. The van der Waals surface area contributed by atoms with E-state index >= 15 is 0 Å². The maximum atomic E-state index is 12.7. The Morgan fingerprint density at radius 3 is 3.05 bits per heavy atom. The second-order valence-corrected chi connectivity index (χ2v) is 5.68. The van der Waals surface area contributed by atoms with Gasteiger partial charge in [-0.15, -0.1) is 10.2 Å². The number of nitrogens with zero attached hydrogens (tertiary/aromatic N) is 5. The van der Waals surface area contributed by atoms with E-state index in [2.05, 4.69) is 10.2 Å². The minimum atomic E-state index is -0.254. The van der Waals surface area contributed by atoms with Gasteiger partial charge >= 0.3 is 0 Å². The van der Waals surface area contributed by atoms with Crippen LogP contribution >= 0.6 is 11.6 Å². The quantitative estimate of drug-likeness (QED) is 0.858. The number of amides is 1. The molecule has 1 unspecified atom stereocenters. The van der Waals surface area contributed by atoms with Crippen LogP contribution in [0.1, 0.15) is 29.3 Å². The summed E-state index contributed by atoms with van der Waals surface area (Å²) in [7, 11) is 1.81. The van der Waals surface area contributed by atoms with Gasteiger partial charge in [-0.3, -0.25) is 4.79 Å². The van der Waals surface area contributed by atoms with Crippen molar-refractivity contribution in [2.45, 2.75) is 19.6 Å². The molecule has 0 aliphatic carbocycles. The van der Waals surface area contributed by atoms with E-state index in [4.69, 9.17) is 16.3 Å². The number of carbonyl (C=O) groups excluding carboxylic acids is 1. The highest BCUT2D eigenvalue weighted by atomic mass is 35.5. The van der Waals surface area contributed by atoms with Crippen molar-refractivity contribution in [1.82, 2.24) is 24.2 Å². The zero-order valence-electron chi connectivity index (χ0n) is 12.6. The molecular formula is C14H18ClN5O2. The fraction of sp³-hybridized carbons (Fsp3) is 0.500. The summed E-state index contributed by atoms with van der Waals surface area (Å²) in [6, 6.07) is 1.68. The van der Waals surface area contributed by atoms with Crippen molar-refractivity contribution in [2.24, 2.45) is 7.05 Å². The third kappa shape index (κ3) is 2.74. The van der Waals surface area contributed by atoms with Gasteiger partial charge in [-0.2, -0.15) is 0 Å². The fourth-order valence-electron chi connectivity index (χ4n) is 2.65. The molecule has 22 heavy (non-hydrogen) atoms. The molecule has 2 aromatic rings. The number of morpholine rings is 1. The number of aromatic nitrogens is 4. The molecular weight excluding hydrogens is 306 g/mol. The van der Waals surface area contributed by atoms with Gasteiger partial charge in [0.25, 0.3) is 5.91 Å². The molecule has 3 heterocycles. The van der Waals surface area contributed by atoms with Crippen LogP contribution in [0.15, 0.2) is 18.6 Å². The van der Waals surface area contributed by atoms with Gasteiger partial charge in [-0.25, -0.2) is 0 Å². The molecule has 0 radical (unpaired) electrons. The zero-order valence-corrected chi connectivity index (χ0v) is 13.3. The van der Waals surface area contributed by atoms with Crippen LogP contribution in [0.4, 0.5) is 0 Å². The van der Waals surface area contributed by atoms with Gasteiger partial charge in [-0.1, -0.05) is 11.6 Å². The highest BCUT2D eigenvalue weighted by molar-refractivity contribution is 6.31. The Kier molecular flexibility index (Phi) is 4.17. The Labute approximate surface area is 133 Å². The Balaban J connectivity index is 1.78. The maximum Gasteiger partial charge on any atom is 0.270 e. The molecule has 8 heteroatoms. The lowest BCUT2D eigenvalue weighted by Crippen LogP contribution is -2.43. The highest BCUT2D eigenvalue weighted by Crippen LogP contribution is 2.23. The molecule has 7 nitrogen and oxygen atoms in total. The van der Waals surface area contributed by atoms with Crippen LogP contribution < -0.4 is 0 Å². The van der Waals surface area contributed by atoms with Gasteiger partial charge in [0.05, 0.1) is 18.2 Å². The average molecular weight is 324 g/mol. The summed E-state index contributed by atoms with van der Waals surface area (Å²) < 4.78 is 9.43. The van der Waals surface area contributed by atoms with Crippen molar-refractivity contribution < 1.29 is 9.53 Å². The SMILES string of the molecule is CCn1cnnc1C1CN(C(=O)c2cc(Cl)cn2C)CCO1. The van der Waals surface area contributed by atoms with Gasteiger partial charge in [0.1, 0.15) is 18.1 Å². The normalized spacial score (nSPS) is 18.7. The summed E-state index contributed by atoms with van der Waals surface area (Å²) >= 11 is 5.96. The molecule has 0 aromatic carbocycles. The van der Waals surface area contributed by atoms with Gasteiger partial charge in [0.15, 0.2) is 5.82 Å². The van der Waals surface area contributed by atoms with Crippen LogP contribution in [-0.2, 0) is 18.3 Å². The first-order valence-corrected chi connectivity index (χ1v) is 7.58. The summed E-state index contributed by atoms with van der Waals surface area (Å²) in [5.41, 5.74) is 0.572. The van der Waals surface area contributed by atoms with Crippen LogP contribution in [-0.4, -0.2) is 49.8 Å². The first-order chi connectivity index (χ1) is 10.6. The smallest absolute Gasteiger partial charge is 0.270 e. The predicted octanol–water partition coefficient (Wildman–Crippen LogP) is 1.50. The third-order valence-electron chi connectivity index (χ3n) is 3.82. The molecule has 1 aliphatic rings. The molecule has 0 saturated carbocycles. The van der Waals surface area contributed by atoms with Crippen molar-refractivity contribution >= 4 is 17.5 Å². The molecule has 118 valence electrons. The summed E-state index contributed by atoms with van der Waals surface area (Å²) in [6.45, 7) is 4.28. The summed E-state index contributed by atoms with van der Waals surface area (Å²) in [5, 5.41) is 8.60. The van der Waals surface area contributed by atoms with E-state index in [1.54, 1.807) is 28.1 Å². The minimum absolute atomic E-state index is 0.0507. The lowest BCUT2D eigenvalue weighted by molar-refractivity contribution is -0.0286. The molecule has 0 N–H and O–H groups in total. The van der Waals surface area contributed by atoms with E-state index in [0.717, 1.165) is 12.4 Å². The van der Waals surface area contributed by atoms with Crippen LogP contribution in [0.2, 0.25) is 5.02 Å². The second kappa shape index (κ2) is 6.10. The number of halogens is 1. The third-order valence-corrected chi connectivity index (χ3v) is 4.03. The van der Waals surface area contributed by atoms with Gasteiger partial charge in [0.2, 0.25) is 0 Å². The number of hydrogen-bond acceptors (Lipinski definition) is 4. The molecule has 0 spiro atoms. The Morgan fingerprint density at radius 1 is 1.55 bits per heavy atom. The van der Waals surface area contributed by atoms with E-state index in [-0.39, 0.29) is 12.0 Å². The molecule has 1 aliphatic heterocycles. The van der Waals surface area contributed by atoms with Crippen molar-refractivity contribution in [3.63, 3.8) is 0 Å². The van der Waals surface area contributed by atoms with Crippen LogP contribution in [0.3, 0.4) is 0 Å². The molecule has 1 amide bonds. The van der Waals surface area contributed by atoms with Crippen molar-refractivity contribution in [1.29, 1.82) is 0 Å². The Bertz CT molecular complexity index is 681. The van der Waals surface area contributed by atoms with Gasteiger partial charge in [0, 0.05) is 26.3 Å². The number of ether oxygens (including phenoxy) is 1. The highest BCUT2D eigenvalue weighted by Gasteiger charge is 2.30. The largest absolute Gasteiger partial charge is 0.366 e. The van der Waals surface area contributed by atoms with Crippen molar-refractivity contribution in [3.8, 4) is 0 Å². The monoisotopic (exact) mass is 323 g/mol. The van der Waals surface area contributed by atoms with Gasteiger partial charge in [-0.05, 0) is 13.0 Å². The Hall–Kier alpha value is -1.86. The first-order valence-electron chi connectivity index (χ1n) is 7.20. The zero-order chi connectivity index (χ0) is 15.7. The predicted molar refractivity (Wildman–Crippen MR) is 80.7 cm³/mol. The van der Waals surface area contributed by atoms with Crippen molar-refractivity contribution in [3.05, 3.63) is 35.1 Å². The number of hydrogen-bond donors (Lipinski definition) is 0. The van der Waals surface area contributed by atoms with Gasteiger partial charge < -0.3 is 18.8 Å². The van der Waals surface area contributed by atoms with E-state index in [1.807, 2.05) is 18.5 Å². The lowest BCUT2D eigenvalue weighted by Gasteiger charge is -2.32. The van der Waals surface area contributed by atoms with Crippen molar-refractivity contribution in [2.75, 3.05) is 19.7 Å². The molecule has 3 rings (SSSR count). The molecule has 1 saturated heterocycles. The molecule has 1 atom stereocenters. The van der Waals surface area contributed by atoms with E-state index in [9.17, 15) is 4.79 Å². The molecule has 2 aromatic heterocycles. The van der Waals surface area contributed by atoms with E-state index in [1.165, 1.54) is 0 Å². The summed E-state index contributed by atoms with van der Waals surface area (Å²) in [4.78, 5) is 14.4.